The van der Waals surface area contributed by atoms with Crippen LogP contribution in [0.3, 0.4) is 0 Å². The molecule has 0 unspecified atom stereocenters. The van der Waals surface area contributed by atoms with Gasteiger partial charge in [-0.3, -0.25) is 20.2 Å². The van der Waals surface area contributed by atoms with Crippen LogP contribution in [0.15, 0.2) is 60.7 Å². The fourth-order valence-corrected chi connectivity index (χ4v) is 2.89. The zero-order valence-corrected chi connectivity index (χ0v) is 14.6. The highest BCUT2D eigenvalue weighted by atomic mass is 35.5. The Morgan fingerprint density at radius 1 is 0.577 bits per heavy atom. The average Bonchev–Trinajstić information content (AvgIpc) is 2.62. The molecule has 3 aromatic rings. The van der Waals surface area contributed by atoms with Gasteiger partial charge in [-0.2, -0.15) is 0 Å². The average molecular weight is 389 g/mol. The van der Waals surface area contributed by atoms with Gasteiger partial charge in [0.05, 0.1) is 9.85 Å². The van der Waals surface area contributed by atoms with E-state index >= 15 is 0 Å². The van der Waals surface area contributed by atoms with E-state index in [4.69, 9.17) is 23.2 Å². The summed E-state index contributed by atoms with van der Waals surface area (Å²) in [7, 11) is 0. The third-order valence-corrected chi connectivity index (χ3v) is 4.48. The molecule has 0 atom stereocenters. The summed E-state index contributed by atoms with van der Waals surface area (Å²) in [6, 6.07) is 16.3. The van der Waals surface area contributed by atoms with Gasteiger partial charge in [0.25, 0.3) is 11.4 Å². The van der Waals surface area contributed by atoms with Gasteiger partial charge in [0.1, 0.15) is 10.0 Å². The van der Waals surface area contributed by atoms with Crippen LogP contribution in [0, 0.1) is 20.2 Å². The Hall–Kier alpha value is -2.96. The van der Waals surface area contributed by atoms with Crippen molar-refractivity contribution in [2.45, 2.75) is 0 Å². The van der Waals surface area contributed by atoms with E-state index in [9.17, 15) is 20.2 Å². The Morgan fingerprint density at radius 3 is 1.19 bits per heavy atom. The van der Waals surface area contributed by atoms with Gasteiger partial charge < -0.3 is 0 Å². The molecule has 0 bridgehead atoms. The lowest BCUT2D eigenvalue weighted by Crippen LogP contribution is -1.91. The van der Waals surface area contributed by atoms with E-state index in [1.54, 1.807) is 36.4 Å². The molecule has 3 aromatic carbocycles. The molecule has 0 aliphatic rings. The van der Waals surface area contributed by atoms with Gasteiger partial charge in [0.15, 0.2) is 0 Å². The molecule has 0 aromatic heterocycles. The topological polar surface area (TPSA) is 86.3 Å². The molecule has 0 saturated carbocycles. The summed E-state index contributed by atoms with van der Waals surface area (Å²) in [6.45, 7) is 0. The molecule has 0 aliphatic heterocycles. The third-order valence-electron chi connectivity index (χ3n) is 3.84. The van der Waals surface area contributed by atoms with Crippen molar-refractivity contribution in [1.29, 1.82) is 0 Å². The van der Waals surface area contributed by atoms with Crippen LogP contribution in [-0.4, -0.2) is 9.85 Å². The molecular weight excluding hydrogens is 379 g/mol. The van der Waals surface area contributed by atoms with E-state index in [0.717, 1.165) is 11.1 Å². The number of hydrogen-bond donors (Lipinski definition) is 0. The number of hydrogen-bond acceptors (Lipinski definition) is 4. The highest BCUT2D eigenvalue weighted by molar-refractivity contribution is 6.33. The van der Waals surface area contributed by atoms with Crippen molar-refractivity contribution in [3.05, 3.63) is 90.9 Å². The second-order valence-electron chi connectivity index (χ2n) is 5.42. The molecule has 0 radical (unpaired) electrons. The van der Waals surface area contributed by atoms with Crippen LogP contribution in [0.5, 0.6) is 0 Å². The minimum absolute atomic E-state index is 0.0730. The molecule has 0 heterocycles. The monoisotopic (exact) mass is 388 g/mol. The van der Waals surface area contributed by atoms with Gasteiger partial charge in [-0.25, -0.2) is 0 Å². The van der Waals surface area contributed by atoms with Crippen molar-refractivity contribution in [2.24, 2.45) is 0 Å². The summed E-state index contributed by atoms with van der Waals surface area (Å²) in [5, 5.41) is 22.2. The van der Waals surface area contributed by atoms with Crippen molar-refractivity contribution >= 4 is 34.6 Å². The van der Waals surface area contributed by atoms with Gasteiger partial charge in [-0.15, -0.1) is 0 Å². The lowest BCUT2D eigenvalue weighted by atomic mass is 10.00. The van der Waals surface area contributed by atoms with Crippen LogP contribution in [0.4, 0.5) is 11.4 Å². The maximum Gasteiger partial charge on any atom is 0.288 e. The number of halogens is 2. The molecule has 26 heavy (non-hydrogen) atoms. The first-order valence-electron chi connectivity index (χ1n) is 7.35. The second-order valence-corrected chi connectivity index (χ2v) is 6.24. The summed E-state index contributed by atoms with van der Waals surface area (Å²) in [5.74, 6) is 0. The molecule has 0 saturated heterocycles. The number of nitro benzene ring substituents is 2. The number of benzene rings is 3. The van der Waals surface area contributed by atoms with Gasteiger partial charge in [0, 0.05) is 12.1 Å². The summed E-state index contributed by atoms with van der Waals surface area (Å²) >= 11 is 11.7. The van der Waals surface area contributed by atoms with Gasteiger partial charge in [0.2, 0.25) is 0 Å². The maximum atomic E-state index is 11.0. The normalized spacial score (nSPS) is 10.5. The van der Waals surface area contributed by atoms with E-state index in [1.165, 1.54) is 24.3 Å². The standard InChI is InChI=1S/C18H10Cl2N2O4/c19-15-7-5-13(9-17(15)21(23)24)11-1-2-12(4-3-11)14-6-8-16(20)18(10-14)22(25)26/h1-10H. The first-order chi connectivity index (χ1) is 12.4. The summed E-state index contributed by atoms with van der Waals surface area (Å²) < 4.78 is 0. The second kappa shape index (κ2) is 7.11. The fraction of sp³-hybridized carbons (Fsp3) is 0. The van der Waals surface area contributed by atoms with Gasteiger partial charge in [-0.05, 0) is 34.4 Å². The molecule has 0 amide bonds. The zero-order chi connectivity index (χ0) is 18.8. The fourth-order valence-electron chi connectivity index (χ4n) is 2.52. The number of rotatable bonds is 4. The summed E-state index contributed by atoms with van der Waals surface area (Å²) in [4.78, 5) is 21.0. The molecule has 3 rings (SSSR count). The molecule has 0 spiro atoms. The van der Waals surface area contributed by atoms with E-state index in [1.807, 2.05) is 0 Å². The minimum Gasteiger partial charge on any atom is -0.258 e. The molecular formula is C18H10Cl2N2O4. The van der Waals surface area contributed by atoms with Crippen LogP contribution in [0.25, 0.3) is 22.3 Å². The third kappa shape index (κ3) is 3.51. The van der Waals surface area contributed by atoms with Crippen LogP contribution in [-0.2, 0) is 0 Å². The highest BCUT2D eigenvalue weighted by Crippen LogP contribution is 2.33. The van der Waals surface area contributed by atoms with Crippen LogP contribution < -0.4 is 0 Å². The molecule has 0 N–H and O–H groups in total. The molecule has 8 heteroatoms. The highest BCUT2D eigenvalue weighted by Gasteiger charge is 2.15. The van der Waals surface area contributed by atoms with E-state index < -0.39 is 9.85 Å². The van der Waals surface area contributed by atoms with Crippen LogP contribution in [0.1, 0.15) is 0 Å². The predicted octanol–water partition coefficient (Wildman–Crippen LogP) is 6.14. The molecule has 130 valence electrons. The van der Waals surface area contributed by atoms with Gasteiger partial charge in [-0.1, -0.05) is 59.6 Å². The molecule has 0 fully saturated rings. The van der Waals surface area contributed by atoms with Crippen molar-refractivity contribution in [3.63, 3.8) is 0 Å². The maximum absolute atomic E-state index is 11.0. The lowest BCUT2D eigenvalue weighted by molar-refractivity contribution is -0.384. The lowest BCUT2D eigenvalue weighted by Gasteiger charge is -2.06. The van der Waals surface area contributed by atoms with E-state index in [2.05, 4.69) is 0 Å². The Balaban J connectivity index is 1.97. The Labute approximate surface area is 157 Å². The zero-order valence-electron chi connectivity index (χ0n) is 13.1. The van der Waals surface area contributed by atoms with E-state index in [-0.39, 0.29) is 21.4 Å². The Morgan fingerprint density at radius 2 is 0.885 bits per heavy atom. The first kappa shape index (κ1) is 17.8. The largest absolute Gasteiger partial charge is 0.288 e. The molecule has 6 nitrogen and oxygen atoms in total. The Kier molecular flexibility index (Phi) is 4.88. The summed E-state index contributed by atoms with van der Waals surface area (Å²) in [6.07, 6.45) is 0. The number of nitrogens with zero attached hydrogens (tertiary/aromatic N) is 2. The van der Waals surface area contributed by atoms with Crippen LogP contribution >= 0.6 is 23.2 Å². The van der Waals surface area contributed by atoms with Gasteiger partial charge >= 0.3 is 0 Å². The van der Waals surface area contributed by atoms with Crippen molar-refractivity contribution in [3.8, 4) is 22.3 Å². The smallest absolute Gasteiger partial charge is 0.258 e. The SMILES string of the molecule is O=[N+]([O-])c1cc(-c2ccc(-c3ccc(Cl)c([N+](=O)[O-])c3)cc2)ccc1Cl. The molecule has 0 aliphatic carbocycles. The number of nitro groups is 2. The predicted molar refractivity (Wildman–Crippen MR) is 101 cm³/mol. The summed E-state index contributed by atoms with van der Waals surface area (Å²) in [5.41, 5.74) is 2.49. The van der Waals surface area contributed by atoms with E-state index in [0.29, 0.717) is 11.1 Å². The quantitative estimate of drug-likeness (QED) is 0.396. The first-order valence-corrected chi connectivity index (χ1v) is 8.11. The van der Waals surface area contributed by atoms with Crippen molar-refractivity contribution < 1.29 is 9.85 Å². The minimum atomic E-state index is -0.535. The van der Waals surface area contributed by atoms with Crippen molar-refractivity contribution in [2.75, 3.05) is 0 Å². The van der Waals surface area contributed by atoms with Crippen molar-refractivity contribution in [1.82, 2.24) is 0 Å². The van der Waals surface area contributed by atoms with Crippen LogP contribution in [0.2, 0.25) is 10.0 Å². The Bertz CT molecular complexity index is 938.